The molecule has 0 unspecified atom stereocenters. The molecule has 25 heavy (non-hydrogen) atoms. The minimum Gasteiger partial charge on any atom is -0.495 e. The first-order chi connectivity index (χ1) is 12.0. The zero-order valence-corrected chi connectivity index (χ0v) is 15.0. The number of anilines is 2. The summed E-state index contributed by atoms with van der Waals surface area (Å²) in [7, 11) is 2.90. The summed E-state index contributed by atoms with van der Waals surface area (Å²) in [6, 6.07) is 12.0. The SMILES string of the molecule is CCN(C(=O)C(=O)Nc1cc(OC)c(Cl)cc1OC)c1ccccc1. The van der Waals surface area contributed by atoms with E-state index in [-0.39, 0.29) is 0 Å². The van der Waals surface area contributed by atoms with Crippen LogP contribution in [0.1, 0.15) is 6.92 Å². The number of ether oxygens (including phenoxy) is 2. The molecular weight excluding hydrogens is 344 g/mol. The Labute approximate surface area is 151 Å². The van der Waals surface area contributed by atoms with Gasteiger partial charge in [-0.05, 0) is 19.1 Å². The molecule has 0 fully saturated rings. The smallest absolute Gasteiger partial charge is 0.316 e. The molecule has 0 atom stereocenters. The zero-order valence-electron chi connectivity index (χ0n) is 14.2. The maximum atomic E-state index is 12.5. The molecule has 2 amide bonds. The number of carbonyl (C=O) groups is 2. The van der Waals surface area contributed by atoms with Gasteiger partial charge in [0, 0.05) is 24.4 Å². The van der Waals surface area contributed by atoms with Gasteiger partial charge in [-0.3, -0.25) is 9.59 Å². The van der Waals surface area contributed by atoms with Gasteiger partial charge in [-0.25, -0.2) is 0 Å². The van der Waals surface area contributed by atoms with Crippen molar-refractivity contribution >= 4 is 34.8 Å². The number of likely N-dealkylation sites (N-methyl/N-ethyl adjacent to an activating group) is 1. The average Bonchev–Trinajstić information content (AvgIpc) is 2.64. The highest BCUT2D eigenvalue weighted by molar-refractivity contribution is 6.44. The molecule has 0 saturated carbocycles. The molecule has 2 rings (SSSR count). The van der Waals surface area contributed by atoms with Crippen molar-refractivity contribution in [1.82, 2.24) is 0 Å². The minimum atomic E-state index is -0.784. The fourth-order valence-electron chi connectivity index (χ4n) is 2.31. The summed E-state index contributed by atoms with van der Waals surface area (Å²) in [6.07, 6.45) is 0. The van der Waals surface area contributed by atoms with E-state index in [2.05, 4.69) is 5.32 Å². The van der Waals surface area contributed by atoms with Crippen molar-refractivity contribution in [3.63, 3.8) is 0 Å². The molecule has 1 N–H and O–H groups in total. The van der Waals surface area contributed by atoms with E-state index in [1.165, 1.54) is 31.3 Å². The maximum absolute atomic E-state index is 12.5. The Morgan fingerprint density at radius 1 is 1.08 bits per heavy atom. The van der Waals surface area contributed by atoms with Crippen LogP contribution in [-0.2, 0) is 9.59 Å². The number of halogens is 1. The first kappa shape index (κ1) is 18.6. The predicted octanol–water partition coefficient (Wildman–Crippen LogP) is 3.35. The van der Waals surface area contributed by atoms with Gasteiger partial charge >= 0.3 is 11.8 Å². The van der Waals surface area contributed by atoms with Gasteiger partial charge in [0.05, 0.1) is 24.9 Å². The molecule has 0 radical (unpaired) electrons. The minimum absolute atomic E-state index is 0.297. The van der Waals surface area contributed by atoms with Crippen LogP contribution in [0.25, 0.3) is 0 Å². The Hall–Kier alpha value is -2.73. The first-order valence-corrected chi connectivity index (χ1v) is 7.99. The molecule has 6 nitrogen and oxygen atoms in total. The zero-order chi connectivity index (χ0) is 18.4. The number of amides is 2. The van der Waals surface area contributed by atoms with Crippen LogP contribution in [0.3, 0.4) is 0 Å². The van der Waals surface area contributed by atoms with E-state index in [0.717, 1.165) is 0 Å². The predicted molar refractivity (Wildman–Crippen MR) is 97.7 cm³/mol. The van der Waals surface area contributed by atoms with Crippen LogP contribution in [0, 0.1) is 0 Å². The lowest BCUT2D eigenvalue weighted by molar-refractivity contribution is -0.134. The van der Waals surface area contributed by atoms with E-state index >= 15 is 0 Å². The van der Waals surface area contributed by atoms with Crippen LogP contribution in [0.4, 0.5) is 11.4 Å². The highest BCUT2D eigenvalue weighted by atomic mass is 35.5. The van der Waals surface area contributed by atoms with Crippen LogP contribution in [0.2, 0.25) is 5.02 Å². The fourth-order valence-corrected chi connectivity index (χ4v) is 2.54. The number of para-hydroxylation sites is 1. The van der Waals surface area contributed by atoms with Crippen LogP contribution in [0.5, 0.6) is 11.5 Å². The number of nitrogens with zero attached hydrogens (tertiary/aromatic N) is 1. The molecule has 0 aliphatic carbocycles. The monoisotopic (exact) mass is 362 g/mol. The number of hydrogen-bond donors (Lipinski definition) is 1. The molecule has 0 saturated heterocycles. The van der Waals surface area contributed by atoms with Crippen molar-refractivity contribution < 1.29 is 19.1 Å². The van der Waals surface area contributed by atoms with Gasteiger partial charge in [-0.1, -0.05) is 29.8 Å². The second kappa shape index (κ2) is 8.39. The van der Waals surface area contributed by atoms with Crippen molar-refractivity contribution in [2.24, 2.45) is 0 Å². The Balaban J connectivity index is 2.25. The molecule has 0 bridgehead atoms. The van der Waals surface area contributed by atoms with E-state index < -0.39 is 11.8 Å². The van der Waals surface area contributed by atoms with E-state index in [9.17, 15) is 9.59 Å². The number of carbonyl (C=O) groups excluding carboxylic acids is 2. The molecule has 0 aromatic heterocycles. The normalized spacial score (nSPS) is 10.1. The standard InChI is InChI=1S/C18H19ClN2O4/c1-4-21(12-8-6-5-7-9-12)18(23)17(22)20-14-11-15(24-2)13(19)10-16(14)25-3/h5-11H,4H2,1-3H3,(H,20,22). The van der Waals surface area contributed by atoms with Gasteiger partial charge in [-0.15, -0.1) is 0 Å². The fraction of sp³-hybridized carbons (Fsp3) is 0.222. The topological polar surface area (TPSA) is 67.9 Å². The van der Waals surface area contributed by atoms with E-state index in [0.29, 0.717) is 34.4 Å². The summed E-state index contributed by atoms with van der Waals surface area (Å²) in [5, 5.41) is 2.89. The lowest BCUT2D eigenvalue weighted by Crippen LogP contribution is -2.39. The Bertz CT molecular complexity index is 765. The molecule has 2 aromatic rings. The molecule has 0 aliphatic heterocycles. The molecule has 0 spiro atoms. The van der Waals surface area contributed by atoms with Crippen LogP contribution >= 0.6 is 11.6 Å². The molecule has 7 heteroatoms. The third-order valence-electron chi connectivity index (χ3n) is 3.55. The first-order valence-electron chi connectivity index (χ1n) is 7.61. The van der Waals surface area contributed by atoms with E-state index in [1.54, 1.807) is 31.2 Å². The molecule has 132 valence electrons. The average molecular weight is 363 g/mol. The molecule has 2 aromatic carbocycles. The highest BCUT2D eigenvalue weighted by Crippen LogP contribution is 2.35. The third kappa shape index (κ3) is 4.22. The number of hydrogen-bond acceptors (Lipinski definition) is 4. The van der Waals surface area contributed by atoms with Crippen molar-refractivity contribution in [1.29, 1.82) is 0 Å². The van der Waals surface area contributed by atoms with Gasteiger partial charge in [0.2, 0.25) is 0 Å². The number of benzene rings is 2. The van der Waals surface area contributed by atoms with E-state index in [1.807, 2.05) is 6.07 Å². The Kier molecular flexibility index (Phi) is 6.25. The molecule has 0 aliphatic rings. The summed E-state index contributed by atoms with van der Waals surface area (Å²) in [5.41, 5.74) is 0.942. The largest absolute Gasteiger partial charge is 0.495 e. The highest BCUT2D eigenvalue weighted by Gasteiger charge is 2.23. The van der Waals surface area contributed by atoms with Crippen molar-refractivity contribution in [3.05, 3.63) is 47.5 Å². The van der Waals surface area contributed by atoms with Gasteiger partial charge < -0.3 is 19.7 Å². The van der Waals surface area contributed by atoms with Gasteiger partial charge in [-0.2, -0.15) is 0 Å². The summed E-state index contributed by atoms with van der Waals surface area (Å²) in [4.78, 5) is 26.3. The second-order valence-corrected chi connectivity index (χ2v) is 5.43. The van der Waals surface area contributed by atoms with Gasteiger partial charge in [0.1, 0.15) is 11.5 Å². The number of rotatable bonds is 5. The van der Waals surface area contributed by atoms with Crippen molar-refractivity contribution in [2.45, 2.75) is 6.92 Å². The summed E-state index contributed by atoms with van der Waals surface area (Å²) < 4.78 is 10.3. The van der Waals surface area contributed by atoms with Crippen LogP contribution < -0.4 is 19.7 Å². The van der Waals surface area contributed by atoms with Gasteiger partial charge in [0.25, 0.3) is 0 Å². The number of nitrogens with one attached hydrogen (secondary N) is 1. The summed E-state index contributed by atoms with van der Waals surface area (Å²) >= 11 is 6.04. The van der Waals surface area contributed by atoms with Crippen LogP contribution in [-0.4, -0.2) is 32.6 Å². The van der Waals surface area contributed by atoms with Crippen molar-refractivity contribution in [3.8, 4) is 11.5 Å². The maximum Gasteiger partial charge on any atom is 0.316 e. The molecule has 0 heterocycles. The van der Waals surface area contributed by atoms with Crippen molar-refractivity contribution in [2.75, 3.05) is 31.0 Å². The summed E-state index contributed by atoms with van der Waals surface area (Å²) in [6.45, 7) is 2.15. The van der Waals surface area contributed by atoms with Gasteiger partial charge in [0.15, 0.2) is 0 Å². The second-order valence-electron chi connectivity index (χ2n) is 5.03. The third-order valence-corrected chi connectivity index (χ3v) is 3.84. The van der Waals surface area contributed by atoms with Crippen LogP contribution in [0.15, 0.2) is 42.5 Å². The lowest BCUT2D eigenvalue weighted by atomic mass is 10.2. The Morgan fingerprint density at radius 2 is 1.72 bits per heavy atom. The number of methoxy groups -OCH3 is 2. The lowest BCUT2D eigenvalue weighted by Gasteiger charge is -2.20. The van der Waals surface area contributed by atoms with E-state index in [4.69, 9.17) is 21.1 Å². The quantitative estimate of drug-likeness (QED) is 0.828. The Morgan fingerprint density at radius 3 is 2.28 bits per heavy atom. The molecular formula is C18H19ClN2O4. The summed E-state index contributed by atoms with van der Waals surface area (Å²) in [5.74, 6) is -0.770.